The minimum absolute atomic E-state index is 0.553. The molecule has 1 heterocycles. The predicted molar refractivity (Wildman–Crippen MR) is 71.9 cm³/mol. The second-order valence-corrected chi connectivity index (χ2v) is 4.32. The lowest BCUT2D eigenvalue weighted by Gasteiger charge is -2.12. The fourth-order valence-electron chi connectivity index (χ4n) is 1.74. The highest BCUT2D eigenvalue weighted by molar-refractivity contribution is 6.32. The lowest BCUT2D eigenvalue weighted by molar-refractivity contribution is 0.295. The van der Waals surface area contributed by atoms with Crippen molar-refractivity contribution in [2.24, 2.45) is 5.73 Å². The van der Waals surface area contributed by atoms with Gasteiger partial charge in [0.05, 0.1) is 17.9 Å². The Morgan fingerprint density at radius 1 is 1.39 bits per heavy atom. The molecule has 2 aromatic rings. The normalized spacial score (nSPS) is 10.6. The third-order valence-electron chi connectivity index (χ3n) is 2.62. The van der Waals surface area contributed by atoms with Crippen LogP contribution in [-0.4, -0.2) is 22.7 Å². The molecule has 0 amide bonds. The second kappa shape index (κ2) is 6.42. The van der Waals surface area contributed by atoms with Crippen LogP contribution in [0.2, 0.25) is 5.02 Å². The van der Waals surface area contributed by atoms with Gasteiger partial charge in [0.15, 0.2) is 0 Å². The Balaban J connectivity index is 1.99. The molecule has 2 N–H and O–H groups in total. The molecule has 1 aromatic heterocycles. The number of hydrogen-bond acceptors (Lipinski definition) is 3. The van der Waals surface area contributed by atoms with Crippen molar-refractivity contribution in [2.45, 2.75) is 13.0 Å². The van der Waals surface area contributed by atoms with Crippen LogP contribution >= 0.6 is 11.6 Å². The van der Waals surface area contributed by atoms with Crippen LogP contribution in [0.25, 0.3) is 0 Å². The molecular weight excluding hydrogens is 250 g/mol. The van der Waals surface area contributed by atoms with E-state index in [1.807, 2.05) is 29.0 Å². The zero-order valence-electron chi connectivity index (χ0n) is 10.1. The van der Waals surface area contributed by atoms with E-state index in [0.29, 0.717) is 18.2 Å². The Morgan fingerprint density at radius 3 is 3.00 bits per heavy atom. The fraction of sp³-hybridized carbons (Fsp3) is 0.308. The zero-order chi connectivity index (χ0) is 12.8. The molecule has 0 bridgehead atoms. The lowest BCUT2D eigenvalue weighted by atomic mass is 10.1. The highest BCUT2D eigenvalue weighted by Gasteiger charge is 2.07. The number of nitrogens with two attached hydrogens (primary N) is 1. The van der Waals surface area contributed by atoms with Crippen molar-refractivity contribution in [2.75, 3.05) is 13.2 Å². The lowest BCUT2D eigenvalue weighted by Crippen LogP contribution is -2.10. The maximum atomic E-state index is 6.14. The van der Waals surface area contributed by atoms with Crippen molar-refractivity contribution in [1.82, 2.24) is 9.55 Å². The standard InChI is InChI=1S/C13H16ClN3O/c14-12-3-1-2-11(4-5-15)13(12)18-9-8-17-7-6-16-10-17/h1-3,6-7,10H,4-5,8-9,15H2. The SMILES string of the molecule is NCCc1cccc(Cl)c1OCCn1ccnc1. The van der Waals surface area contributed by atoms with Crippen LogP contribution in [0.4, 0.5) is 0 Å². The minimum Gasteiger partial charge on any atom is -0.490 e. The Morgan fingerprint density at radius 2 is 2.28 bits per heavy atom. The number of nitrogens with zero attached hydrogens (tertiary/aromatic N) is 2. The number of para-hydroxylation sites is 1. The Kier molecular flexibility index (Phi) is 4.61. The van der Waals surface area contributed by atoms with Crippen LogP contribution < -0.4 is 10.5 Å². The quantitative estimate of drug-likeness (QED) is 0.870. The average molecular weight is 266 g/mol. The van der Waals surface area contributed by atoms with E-state index in [1.165, 1.54) is 0 Å². The molecule has 1 aromatic carbocycles. The number of ether oxygens (including phenoxy) is 1. The van der Waals surface area contributed by atoms with E-state index in [9.17, 15) is 0 Å². The number of benzene rings is 1. The summed E-state index contributed by atoms with van der Waals surface area (Å²) in [6.45, 7) is 1.88. The topological polar surface area (TPSA) is 53.1 Å². The number of aromatic nitrogens is 2. The molecule has 0 aliphatic heterocycles. The maximum Gasteiger partial charge on any atom is 0.141 e. The van der Waals surface area contributed by atoms with Gasteiger partial charge in [-0.1, -0.05) is 23.7 Å². The Labute approximate surface area is 111 Å². The summed E-state index contributed by atoms with van der Waals surface area (Å²) in [5.41, 5.74) is 6.63. The van der Waals surface area contributed by atoms with Crippen molar-refractivity contribution < 1.29 is 4.74 Å². The molecule has 0 saturated heterocycles. The molecular formula is C13H16ClN3O. The summed E-state index contributed by atoms with van der Waals surface area (Å²) >= 11 is 6.14. The van der Waals surface area contributed by atoms with Crippen LogP contribution in [0, 0.1) is 0 Å². The third-order valence-corrected chi connectivity index (χ3v) is 2.91. The first-order chi connectivity index (χ1) is 8.81. The summed E-state index contributed by atoms with van der Waals surface area (Å²) in [4.78, 5) is 3.98. The summed E-state index contributed by atoms with van der Waals surface area (Å²) in [5, 5.41) is 0.631. The number of rotatable bonds is 6. The van der Waals surface area contributed by atoms with Gasteiger partial charge in [0.1, 0.15) is 12.4 Å². The molecule has 0 saturated carbocycles. The molecule has 4 nitrogen and oxygen atoms in total. The van der Waals surface area contributed by atoms with Gasteiger partial charge in [-0.05, 0) is 24.6 Å². The van der Waals surface area contributed by atoms with Gasteiger partial charge in [0.25, 0.3) is 0 Å². The smallest absolute Gasteiger partial charge is 0.141 e. The number of halogens is 1. The molecule has 0 fully saturated rings. The zero-order valence-corrected chi connectivity index (χ0v) is 10.8. The fourth-order valence-corrected chi connectivity index (χ4v) is 1.99. The average Bonchev–Trinajstić information content (AvgIpc) is 2.86. The van der Waals surface area contributed by atoms with Crippen molar-refractivity contribution in [1.29, 1.82) is 0 Å². The van der Waals surface area contributed by atoms with E-state index < -0.39 is 0 Å². The second-order valence-electron chi connectivity index (χ2n) is 3.92. The molecule has 0 unspecified atom stereocenters. The number of hydrogen-bond donors (Lipinski definition) is 1. The Bertz CT molecular complexity index is 485. The van der Waals surface area contributed by atoms with E-state index in [0.717, 1.165) is 24.3 Å². The third kappa shape index (κ3) is 3.24. The highest BCUT2D eigenvalue weighted by atomic mass is 35.5. The first-order valence-electron chi connectivity index (χ1n) is 5.87. The summed E-state index contributed by atoms with van der Waals surface area (Å²) in [6.07, 6.45) is 6.17. The molecule has 18 heavy (non-hydrogen) atoms. The summed E-state index contributed by atoms with van der Waals surface area (Å²) in [5.74, 6) is 0.740. The van der Waals surface area contributed by atoms with Gasteiger partial charge < -0.3 is 15.0 Å². The van der Waals surface area contributed by atoms with Crippen LogP contribution in [0.3, 0.4) is 0 Å². The molecule has 0 aliphatic carbocycles. The molecule has 0 spiro atoms. The van der Waals surface area contributed by atoms with Crippen LogP contribution in [0.1, 0.15) is 5.56 Å². The minimum atomic E-state index is 0.553. The monoisotopic (exact) mass is 265 g/mol. The van der Waals surface area contributed by atoms with Gasteiger partial charge in [-0.3, -0.25) is 0 Å². The van der Waals surface area contributed by atoms with Crippen LogP contribution in [-0.2, 0) is 13.0 Å². The molecule has 5 heteroatoms. The van der Waals surface area contributed by atoms with Crippen LogP contribution in [0.15, 0.2) is 36.9 Å². The van der Waals surface area contributed by atoms with Crippen molar-refractivity contribution >= 4 is 11.6 Å². The van der Waals surface area contributed by atoms with Crippen molar-refractivity contribution in [3.05, 3.63) is 47.5 Å². The summed E-state index contributed by atoms with van der Waals surface area (Å²) in [6, 6.07) is 5.73. The van der Waals surface area contributed by atoms with Crippen LogP contribution in [0.5, 0.6) is 5.75 Å². The molecule has 0 aliphatic rings. The van der Waals surface area contributed by atoms with Gasteiger partial charge in [0, 0.05) is 12.4 Å². The van der Waals surface area contributed by atoms with E-state index in [1.54, 1.807) is 12.5 Å². The van der Waals surface area contributed by atoms with E-state index in [-0.39, 0.29) is 0 Å². The van der Waals surface area contributed by atoms with Gasteiger partial charge in [-0.15, -0.1) is 0 Å². The summed E-state index contributed by atoms with van der Waals surface area (Å²) < 4.78 is 7.72. The molecule has 0 atom stereocenters. The van der Waals surface area contributed by atoms with E-state index >= 15 is 0 Å². The predicted octanol–water partition coefficient (Wildman–Crippen LogP) is 2.12. The number of imidazole rings is 1. The van der Waals surface area contributed by atoms with Crippen molar-refractivity contribution in [3.63, 3.8) is 0 Å². The first kappa shape index (κ1) is 12.9. The maximum absolute atomic E-state index is 6.14. The summed E-state index contributed by atoms with van der Waals surface area (Å²) in [7, 11) is 0. The highest BCUT2D eigenvalue weighted by Crippen LogP contribution is 2.28. The van der Waals surface area contributed by atoms with Gasteiger partial charge in [-0.2, -0.15) is 0 Å². The Hall–Kier alpha value is -1.52. The van der Waals surface area contributed by atoms with E-state index in [4.69, 9.17) is 22.1 Å². The largest absolute Gasteiger partial charge is 0.490 e. The molecule has 0 radical (unpaired) electrons. The van der Waals surface area contributed by atoms with Crippen molar-refractivity contribution in [3.8, 4) is 5.75 Å². The van der Waals surface area contributed by atoms with E-state index in [2.05, 4.69) is 4.98 Å². The van der Waals surface area contributed by atoms with Gasteiger partial charge in [-0.25, -0.2) is 4.98 Å². The van der Waals surface area contributed by atoms with Gasteiger partial charge >= 0.3 is 0 Å². The molecule has 2 rings (SSSR count). The first-order valence-corrected chi connectivity index (χ1v) is 6.25. The molecule has 96 valence electrons. The van der Waals surface area contributed by atoms with Gasteiger partial charge in [0.2, 0.25) is 0 Å².